The van der Waals surface area contributed by atoms with Gasteiger partial charge in [0.1, 0.15) is 11.4 Å². The molecule has 1 aliphatic rings. The summed E-state index contributed by atoms with van der Waals surface area (Å²) in [6.45, 7) is 1.64. The second kappa shape index (κ2) is 6.30. The molecule has 0 N–H and O–H groups in total. The summed E-state index contributed by atoms with van der Waals surface area (Å²) < 4.78 is 31.0. The van der Waals surface area contributed by atoms with Crippen LogP contribution in [0.5, 0.6) is 5.75 Å². The van der Waals surface area contributed by atoms with Crippen molar-refractivity contribution in [2.24, 2.45) is 0 Å². The van der Waals surface area contributed by atoms with Crippen LogP contribution in [0.3, 0.4) is 0 Å². The van der Waals surface area contributed by atoms with Crippen LogP contribution in [-0.2, 0) is 0 Å². The summed E-state index contributed by atoms with van der Waals surface area (Å²) in [5.41, 5.74) is 1.82. The van der Waals surface area contributed by atoms with E-state index in [2.05, 4.69) is 16.0 Å². The highest BCUT2D eigenvalue weighted by Gasteiger charge is 2.26. The summed E-state index contributed by atoms with van der Waals surface area (Å²) in [7, 11) is 1.67. The maximum atomic E-state index is 12.8. The van der Waals surface area contributed by atoms with Crippen LogP contribution in [0.1, 0.15) is 30.0 Å². The lowest BCUT2D eigenvalue weighted by molar-refractivity contribution is 0.146. The minimum Gasteiger partial charge on any atom is -0.496 e. The molecule has 3 nitrogen and oxygen atoms in total. The van der Waals surface area contributed by atoms with Crippen molar-refractivity contribution in [1.29, 1.82) is 0 Å². The molecule has 0 spiro atoms. The molecule has 0 saturated carbocycles. The third-order valence-electron chi connectivity index (χ3n) is 4.12. The molecule has 116 valence electrons. The van der Waals surface area contributed by atoms with E-state index in [9.17, 15) is 8.78 Å². The van der Waals surface area contributed by atoms with Gasteiger partial charge in [-0.25, -0.2) is 8.78 Å². The van der Waals surface area contributed by atoms with E-state index in [1.54, 1.807) is 13.2 Å². The van der Waals surface area contributed by atoms with Gasteiger partial charge in [0.2, 0.25) is 0 Å². The van der Waals surface area contributed by atoms with Crippen molar-refractivity contribution < 1.29 is 13.5 Å². The molecule has 0 amide bonds. The number of benzene rings is 1. The quantitative estimate of drug-likeness (QED) is 0.853. The van der Waals surface area contributed by atoms with E-state index in [1.807, 2.05) is 18.2 Å². The Hall–Kier alpha value is -2.17. The number of nitrogens with zero attached hydrogens (tertiary/aromatic N) is 2. The Morgan fingerprint density at radius 2 is 2.09 bits per heavy atom. The fourth-order valence-electron chi connectivity index (χ4n) is 3.00. The van der Waals surface area contributed by atoms with Gasteiger partial charge >= 0.3 is 0 Å². The Labute approximate surface area is 128 Å². The maximum Gasteiger partial charge on any atom is 0.280 e. The first kappa shape index (κ1) is 14.8. The number of alkyl halides is 2. The first-order valence-corrected chi connectivity index (χ1v) is 7.31. The zero-order valence-electron chi connectivity index (χ0n) is 12.4. The first-order chi connectivity index (χ1) is 10.7. The molecule has 0 radical (unpaired) electrons. The molecule has 0 bridgehead atoms. The molecular weight excluding hydrogens is 286 g/mol. The highest BCUT2D eigenvalue weighted by atomic mass is 19.3. The predicted molar refractivity (Wildman–Crippen MR) is 81.8 cm³/mol. The van der Waals surface area contributed by atoms with E-state index < -0.39 is 6.43 Å². The number of halogens is 2. The summed E-state index contributed by atoms with van der Waals surface area (Å²) >= 11 is 0. The van der Waals surface area contributed by atoms with Crippen molar-refractivity contribution in [3.63, 3.8) is 0 Å². The second-order valence-electron chi connectivity index (χ2n) is 5.41. The van der Waals surface area contributed by atoms with Gasteiger partial charge in [-0.2, -0.15) is 0 Å². The van der Waals surface area contributed by atoms with Crippen LogP contribution in [0.2, 0.25) is 0 Å². The number of anilines is 1. The molecule has 5 heteroatoms. The van der Waals surface area contributed by atoms with E-state index in [1.165, 1.54) is 17.8 Å². The smallest absolute Gasteiger partial charge is 0.280 e. The lowest BCUT2D eigenvalue weighted by Gasteiger charge is -2.20. The highest BCUT2D eigenvalue weighted by molar-refractivity contribution is 5.50. The Balaban J connectivity index is 1.79. The topological polar surface area (TPSA) is 25.4 Å². The molecular formula is C17H18F2N2O. The third kappa shape index (κ3) is 2.89. The van der Waals surface area contributed by atoms with Crippen molar-refractivity contribution in [2.75, 3.05) is 25.1 Å². The van der Waals surface area contributed by atoms with Crippen LogP contribution in [-0.4, -0.2) is 25.2 Å². The van der Waals surface area contributed by atoms with E-state index in [4.69, 9.17) is 4.74 Å². The molecule has 2 aromatic rings. The Bertz CT molecular complexity index is 648. The van der Waals surface area contributed by atoms with Crippen molar-refractivity contribution in [2.45, 2.75) is 18.8 Å². The molecule has 1 aromatic carbocycles. The van der Waals surface area contributed by atoms with Gasteiger partial charge in [-0.3, -0.25) is 4.98 Å². The minimum absolute atomic E-state index is 0.168. The molecule has 1 saturated heterocycles. The SMILES string of the molecule is COc1ccccc1C1CCN(c2ccnc(C(F)F)c2)C1. The van der Waals surface area contributed by atoms with Crippen molar-refractivity contribution in [3.8, 4) is 5.75 Å². The summed E-state index contributed by atoms with van der Waals surface area (Å²) in [4.78, 5) is 5.85. The number of ether oxygens (including phenoxy) is 1. The van der Waals surface area contributed by atoms with Gasteiger partial charge in [0.25, 0.3) is 6.43 Å². The van der Waals surface area contributed by atoms with Crippen LogP contribution >= 0.6 is 0 Å². The zero-order chi connectivity index (χ0) is 15.5. The van der Waals surface area contributed by atoms with Crippen LogP contribution in [0, 0.1) is 0 Å². The number of rotatable bonds is 4. The largest absolute Gasteiger partial charge is 0.496 e. The van der Waals surface area contributed by atoms with Gasteiger partial charge in [-0.1, -0.05) is 18.2 Å². The van der Waals surface area contributed by atoms with Crippen molar-refractivity contribution >= 4 is 5.69 Å². The van der Waals surface area contributed by atoms with Gasteiger partial charge < -0.3 is 9.64 Å². The molecule has 1 fully saturated rings. The minimum atomic E-state index is -2.53. The van der Waals surface area contributed by atoms with Crippen molar-refractivity contribution in [1.82, 2.24) is 4.98 Å². The summed E-state index contributed by atoms with van der Waals surface area (Å²) in [5, 5.41) is 0. The third-order valence-corrected chi connectivity index (χ3v) is 4.12. The Morgan fingerprint density at radius 1 is 1.27 bits per heavy atom. The fraction of sp³-hybridized carbons (Fsp3) is 0.353. The Kier molecular flexibility index (Phi) is 4.22. The fourth-order valence-corrected chi connectivity index (χ4v) is 3.00. The summed E-state index contributed by atoms with van der Waals surface area (Å²) in [6, 6.07) is 11.3. The molecule has 22 heavy (non-hydrogen) atoms. The highest BCUT2D eigenvalue weighted by Crippen LogP contribution is 2.35. The normalized spacial score (nSPS) is 18.0. The van der Waals surface area contributed by atoms with Crippen LogP contribution < -0.4 is 9.64 Å². The molecule has 3 rings (SSSR count). The van der Waals surface area contributed by atoms with E-state index in [0.717, 1.165) is 30.9 Å². The first-order valence-electron chi connectivity index (χ1n) is 7.31. The molecule has 1 aliphatic heterocycles. The number of para-hydroxylation sites is 1. The predicted octanol–water partition coefficient (Wildman–Crippen LogP) is 4.02. The van der Waals surface area contributed by atoms with Crippen LogP contribution in [0.4, 0.5) is 14.5 Å². The average molecular weight is 304 g/mol. The molecule has 2 heterocycles. The zero-order valence-corrected chi connectivity index (χ0v) is 12.4. The number of hydrogen-bond acceptors (Lipinski definition) is 3. The molecule has 1 atom stereocenters. The number of hydrogen-bond donors (Lipinski definition) is 0. The standard InChI is InChI=1S/C17H18F2N2O/c1-22-16-5-3-2-4-14(16)12-7-9-21(11-12)13-6-8-20-15(10-13)17(18)19/h2-6,8,10,12,17H,7,9,11H2,1H3. The second-order valence-corrected chi connectivity index (χ2v) is 5.41. The monoisotopic (exact) mass is 304 g/mol. The average Bonchev–Trinajstić information content (AvgIpc) is 3.04. The van der Waals surface area contributed by atoms with Gasteiger partial charge in [0, 0.05) is 30.9 Å². The summed E-state index contributed by atoms with van der Waals surface area (Å²) in [5.74, 6) is 1.23. The number of pyridine rings is 1. The van der Waals surface area contributed by atoms with Gasteiger partial charge in [0.05, 0.1) is 7.11 Å². The van der Waals surface area contributed by atoms with Crippen LogP contribution in [0.25, 0.3) is 0 Å². The van der Waals surface area contributed by atoms with E-state index >= 15 is 0 Å². The molecule has 1 unspecified atom stereocenters. The summed E-state index contributed by atoms with van der Waals surface area (Å²) in [6.07, 6.45) is -0.104. The molecule has 0 aliphatic carbocycles. The van der Waals surface area contributed by atoms with Gasteiger partial charge in [-0.05, 0) is 30.2 Å². The van der Waals surface area contributed by atoms with Crippen LogP contribution in [0.15, 0.2) is 42.6 Å². The van der Waals surface area contributed by atoms with E-state index in [0.29, 0.717) is 5.92 Å². The lowest BCUT2D eigenvalue weighted by atomic mass is 9.97. The Morgan fingerprint density at radius 3 is 2.86 bits per heavy atom. The van der Waals surface area contributed by atoms with Gasteiger partial charge in [0.15, 0.2) is 0 Å². The van der Waals surface area contributed by atoms with E-state index in [-0.39, 0.29) is 5.69 Å². The molecule has 1 aromatic heterocycles. The maximum absolute atomic E-state index is 12.8. The lowest BCUT2D eigenvalue weighted by Crippen LogP contribution is -2.19. The number of aromatic nitrogens is 1. The van der Waals surface area contributed by atoms with Gasteiger partial charge in [-0.15, -0.1) is 0 Å². The van der Waals surface area contributed by atoms with Crippen molar-refractivity contribution in [3.05, 3.63) is 53.9 Å². The number of methoxy groups -OCH3 is 1.